The van der Waals surface area contributed by atoms with E-state index in [1.807, 2.05) is 73.8 Å². The molecule has 5 heteroatoms. The Hall–Kier alpha value is -2.92. The van der Waals surface area contributed by atoms with Crippen LogP contribution in [0.25, 0.3) is 0 Å². The SMILES string of the molecule is Cc1ccc(NC(=O)C(Cc2ccccc2)NC(=O)c2cccs2)cc1C. The molecule has 138 valence electrons. The minimum absolute atomic E-state index is 0.230. The maximum absolute atomic E-state index is 12.9. The van der Waals surface area contributed by atoms with E-state index in [-0.39, 0.29) is 11.8 Å². The molecule has 0 bridgehead atoms. The van der Waals surface area contributed by atoms with Crippen molar-refractivity contribution in [1.29, 1.82) is 0 Å². The Morgan fingerprint density at radius 3 is 2.41 bits per heavy atom. The summed E-state index contributed by atoms with van der Waals surface area (Å²) >= 11 is 1.35. The molecule has 1 heterocycles. The van der Waals surface area contributed by atoms with Crippen LogP contribution in [0.3, 0.4) is 0 Å². The smallest absolute Gasteiger partial charge is 0.262 e. The molecule has 1 aromatic heterocycles. The van der Waals surface area contributed by atoms with Gasteiger partial charge in [0.2, 0.25) is 5.91 Å². The van der Waals surface area contributed by atoms with Crippen molar-refractivity contribution in [1.82, 2.24) is 5.32 Å². The Balaban J connectivity index is 1.77. The van der Waals surface area contributed by atoms with Crippen molar-refractivity contribution >= 4 is 28.8 Å². The number of nitrogens with one attached hydrogen (secondary N) is 2. The summed E-state index contributed by atoms with van der Waals surface area (Å²) in [6.07, 6.45) is 0.425. The van der Waals surface area contributed by atoms with Crippen LogP contribution in [0.1, 0.15) is 26.4 Å². The molecule has 1 atom stereocenters. The third-order valence-corrected chi connectivity index (χ3v) is 5.29. The van der Waals surface area contributed by atoms with Crippen LogP contribution in [-0.4, -0.2) is 17.9 Å². The average molecular weight is 378 g/mol. The first-order valence-electron chi connectivity index (χ1n) is 8.79. The molecule has 1 unspecified atom stereocenters. The van der Waals surface area contributed by atoms with Gasteiger partial charge in [0.1, 0.15) is 6.04 Å². The summed E-state index contributed by atoms with van der Waals surface area (Å²) in [4.78, 5) is 26.0. The number of anilines is 1. The van der Waals surface area contributed by atoms with Crippen molar-refractivity contribution < 1.29 is 9.59 Å². The standard InChI is InChI=1S/C22H22N2O2S/c1-15-10-11-18(13-16(15)2)23-21(25)19(14-17-7-4-3-5-8-17)24-22(26)20-9-6-12-27-20/h3-13,19H,14H2,1-2H3,(H,23,25)(H,24,26). The second kappa shape index (κ2) is 8.64. The number of carbonyl (C=O) groups excluding carboxylic acids is 2. The third-order valence-electron chi connectivity index (χ3n) is 4.42. The molecule has 4 nitrogen and oxygen atoms in total. The number of hydrogen-bond acceptors (Lipinski definition) is 3. The first-order valence-corrected chi connectivity index (χ1v) is 9.67. The predicted octanol–water partition coefficient (Wildman–Crippen LogP) is 4.34. The fourth-order valence-electron chi connectivity index (χ4n) is 2.74. The van der Waals surface area contributed by atoms with Gasteiger partial charge in [-0.05, 0) is 54.1 Å². The Morgan fingerprint density at radius 2 is 1.74 bits per heavy atom. The van der Waals surface area contributed by atoms with Crippen LogP contribution in [0.5, 0.6) is 0 Å². The largest absolute Gasteiger partial charge is 0.339 e. The normalized spacial score (nSPS) is 11.6. The van der Waals surface area contributed by atoms with E-state index >= 15 is 0 Å². The van der Waals surface area contributed by atoms with Gasteiger partial charge in [-0.25, -0.2) is 0 Å². The van der Waals surface area contributed by atoms with E-state index in [9.17, 15) is 9.59 Å². The lowest BCUT2D eigenvalue weighted by Crippen LogP contribution is -2.45. The van der Waals surface area contributed by atoms with E-state index in [1.165, 1.54) is 16.9 Å². The molecule has 27 heavy (non-hydrogen) atoms. The lowest BCUT2D eigenvalue weighted by atomic mass is 10.0. The van der Waals surface area contributed by atoms with Crippen LogP contribution < -0.4 is 10.6 Å². The molecule has 3 rings (SSSR count). The van der Waals surface area contributed by atoms with E-state index in [2.05, 4.69) is 10.6 Å². The highest BCUT2D eigenvalue weighted by atomic mass is 32.1. The van der Waals surface area contributed by atoms with Crippen LogP contribution >= 0.6 is 11.3 Å². The lowest BCUT2D eigenvalue weighted by Gasteiger charge is -2.19. The molecular formula is C22H22N2O2S. The topological polar surface area (TPSA) is 58.2 Å². The number of hydrogen-bond donors (Lipinski definition) is 2. The van der Waals surface area contributed by atoms with E-state index in [1.54, 1.807) is 6.07 Å². The first-order chi connectivity index (χ1) is 13.0. The van der Waals surface area contributed by atoms with Crippen LogP contribution in [0.4, 0.5) is 5.69 Å². The number of carbonyl (C=O) groups is 2. The van der Waals surface area contributed by atoms with Gasteiger partial charge in [0.15, 0.2) is 0 Å². The van der Waals surface area contributed by atoms with Gasteiger partial charge in [0.25, 0.3) is 5.91 Å². The number of amides is 2. The fraction of sp³-hybridized carbons (Fsp3) is 0.182. The minimum atomic E-state index is -0.663. The van der Waals surface area contributed by atoms with Crippen LogP contribution in [0, 0.1) is 13.8 Å². The summed E-state index contributed by atoms with van der Waals surface area (Å²) in [6.45, 7) is 4.03. The van der Waals surface area contributed by atoms with Gasteiger partial charge in [-0.3, -0.25) is 9.59 Å². The zero-order valence-electron chi connectivity index (χ0n) is 15.4. The van der Waals surface area contributed by atoms with Gasteiger partial charge in [-0.15, -0.1) is 11.3 Å². The van der Waals surface area contributed by atoms with Crippen molar-refractivity contribution in [3.63, 3.8) is 0 Å². The summed E-state index contributed by atoms with van der Waals surface area (Å²) in [5.41, 5.74) is 3.99. The van der Waals surface area contributed by atoms with Gasteiger partial charge >= 0.3 is 0 Å². The lowest BCUT2D eigenvalue weighted by molar-refractivity contribution is -0.118. The van der Waals surface area contributed by atoms with Crippen LogP contribution in [-0.2, 0) is 11.2 Å². The summed E-state index contributed by atoms with van der Waals surface area (Å²) in [6, 6.07) is 18.4. The molecule has 0 saturated carbocycles. The summed E-state index contributed by atoms with van der Waals surface area (Å²) in [7, 11) is 0. The highest BCUT2D eigenvalue weighted by molar-refractivity contribution is 7.12. The highest BCUT2D eigenvalue weighted by Crippen LogP contribution is 2.16. The molecule has 2 N–H and O–H groups in total. The molecule has 0 saturated heterocycles. The third kappa shape index (κ3) is 5.05. The Kier molecular flexibility index (Phi) is 6.04. The number of aryl methyl sites for hydroxylation is 2. The van der Waals surface area contributed by atoms with Gasteiger partial charge in [0.05, 0.1) is 4.88 Å². The minimum Gasteiger partial charge on any atom is -0.339 e. The molecule has 0 aliphatic heterocycles. The molecule has 0 radical (unpaired) electrons. The van der Waals surface area contributed by atoms with Gasteiger partial charge in [-0.1, -0.05) is 42.5 Å². The number of thiophene rings is 1. The van der Waals surface area contributed by atoms with Crippen LogP contribution in [0.15, 0.2) is 66.0 Å². The first kappa shape index (κ1) is 18.9. The Morgan fingerprint density at radius 1 is 0.963 bits per heavy atom. The molecule has 0 aliphatic carbocycles. The fourth-order valence-corrected chi connectivity index (χ4v) is 3.37. The van der Waals surface area contributed by atoms with Gasteiger partial charge in [0, 0.05) is 12.1 Å². The summed E-state index contributed by atoms with van der Waals surface area (Å²) in [5, 5.41) is 7.65. The summed E-state index contributed by atoms with van der Waals surface area (Å²) in [5.74, 6) is -0.465. The molecule has 3 aromatic rings. The maximum Gasteiger partial charge on any atom is 0.262 e. The average Bonchev–Trinajstić information content (AvgIpc) is 3.20. The molecule has 0 fully saturated rings. The molecule has 0 aliphatic rings. The van der Waals surface area contributed by atoms with E-state index < -0.39 is 6.04 Å². The van der Waals surface area contributed by atoms with Gasteiger partial charge in [-0.2, -0.15) is 0 Å². The Labute approximate surface area is 163 Å². The van der Waals surface area contributed by atoms with E-state index in [0.717, 1.165) is 16.8 Å². The molecule has 0 spiro atoms. The maximum atomic E-state index is 12.9. The monoisotopic (exact) mass is 378 g/mol. The molecular weight excluding hydrogens is 356 g/mol. The zero-order valence-corrected chi connectivity index (χ0v) is 16.2. The van der Waals surface area contributed by atoms with Crippen molar-refractivity contribution in [3.05, 3.63) is 87.6 Å². The predicted molar refractivity (Wildman–Crippen MR) is 110 cm³/mol. The van der Waals surface area contributed by atoms with Crippen LogP contribution in [0.2, 0.25) is 0 Å². The van der Waals surface area contributed by atoms with E-state index in [4.69, 9.17) is 0 Å². The zero-order chi connectivity index (χ0) is 19.2. The quantitative estimate of drug-likeness (QED) is 0.670. The molecule has 2 aromatic carbocycles. The van der Waals surface area contributed by atoms with Crippen molar-refractivity contribution in [2.75, 3.05) is 5.32 Å². The Bertz CT molecular complexity index is 921. The van der Waals surface area contributed by atoms with Crippen molar-refractivity contribution in [3.8, 4) is 0 Å². The molecule has 2 amide bonds. The second-order valence-electron chi connectivity index (χ2n) is 6.48. The number of benzene rings is 2. The summed E-state index contributed by atoms with van der Waals surface area (Å²) < 4.78 is 0. The second-order valence-corrected chi connectivity index (χ2v) is 7.43. The highest BCUT2D eigenvalue weighted by Gasteiger charge is 2.22. The van der Waals surface area contributed by atoms with Crippen molar-refractivity contribution in [2.24, 2.45) is 0 Å². The van der Waals surface area contributed by atoms with E-state index in [0.29, 0.717) is 11.3 Å². The van der Waals surface area contributed by atoms with Crippen molar-refractivity contribution in [2.45, 2.75) is 26.3 Å². The number of rotatable bonds is 6. The van der Waals surface area contributed by atoms with Gasteiger partial charge < -0.3 is 10.6 Å².